The Bertz CT molecular complexity index is 724. The zero-order chi connectivity index (χ0) is 16.8. The van der Waals surface area contributed by atoms with E-state index >= 15 is 0 Å². The van der Waals surface area contributed by atoms with Gasteiger partial charge in [-0.1, -0.05) is 6.07 Å². The zero-order valence-corrected chi connectivity index (χ0v) is 13.6. The normalized spacial score (nSPS) is 11.9. The van der Waals surface area contributed by atoms with Gasteiger partial charge in [0.25, 0.3) is 5.91 Å². The lowest BCUT2D eigenvalue weighted by molar-refractivity contribution is -0.123. The van der Waals surface area contributed by atoms with Crippen molar-refractivity contribution in [1.82, 2.24) is 15.1 Å². The molecular weight excluding hydrogens is 329 g/mol. The van der Waals surface area contributed by atoms with Crippen molar-refractivity contribution in [2.45, 2.75) is 6.04 Å². The van der Waals surface area contributed by atoms with E-state index in [1.165, 1.54) is 24.3 Å². The number of carbonyl (C=O) groups is 1. The summed E-state index contributed by atoms with van der Waals surface area (Å²) in [6.07, 6.45) is 3.58. The molecule has 124 valence electrons. The smallest absolute Gasteiger partial charge is 0.258 e. The van der Waals surface area contributed by atoms with Crippen molar-refractivity contribution in [3.63, 3.8) is 0 Å². The first-order valence-corrected chi connectivity index (χ1v) is 8.28. The van der Waals surface area contributed by atoms with Gasteiger partial charge in [0.15, 0.2) is 6.61 Å². The van der Waals surface area contributed by atoms with Gasteiger partial charge < -0.3 is 10.1 Å². The van der Waals surface area contributed by atoms with Crippen LogP contribution in [0.15, 0.2) is 60.2 Å². The molecule has 0 aliphatic carbocycles. The molecule has 0 aliphatic rings. The van der Waals surface area contributed by atoms with Gasteiger partial charge in [-0.25, -0.2) is 4.39 Å². The van der Waals surface area contributed by atoms with Gasteiger partial charge in [-0.15, -0.1) is 11.3 Å². The summed E-state index contributed by atoms with van der Waals surface area (Å²) in [5.41, 5.74) is 0. The van der Waals surface area contributed by atoms with E-state index in [9.17, 15) is 9.18 Å². The molecule has 1 atom stereocenters. The van der Waals surface area contributed by atoms with Crippen molar-refractivity contribution in [2.24, 2.45) is 0 Å². The highest BCUT2D eigenvalue weighted by atomic mass is 32.1. The summed E-state index contributed by atoms with van der Waals surface area (Å²) >= 11 is 1.61. The summed E-state index contributed by atoms with van der Waals surface area (Å²) in [4.78, 5) is 13.1. The Kier molecular flexibility index (Phi) is 5.22. The van der Waals surface area contributed by atoms with Gasteiger partial charge in [0.1, 0.15) is 17.6 Å². The SMILES string of the molecule is O=C(COc1ccc(F)cc1)NCC(c1cccs1)n1cccn1. The van der Waals surface area contributed by atoms with Crippen LogP contribution < -0.4 is 10.1 Å². The Morgan fingerprint density at radius 2 is 2.12 bits per heavy atom. The number of rotatable bonds is 7. The number of hydrogen-bond donors (Lipinski definition) is 1. The second-order valence-corrected chi connectivity index (χ2v) is 6.04. The maximum atomic E-state index is 12.8. The number of thiophene rings is 1. The molecule has 5 nitrogen and oxygen atoms in total. The second kappa shape index (κ2) is 7.74. The minimum atomic E-state index is -0.343. The van der Waals surface area contributed by atoms with Crippen LogP contribution in [0.4, 0.5) is 4.39 Å². The minimum absolute atomic E-state index is 0.0604. The molecule has 0 fully saturated rings. The molecule has 0 spiro atoms. The third-order valence-corrected chi connectivity index (χ3v) is 4.37. The van der Waals surface area contributed by atoms with Gasteiger partial charge in [0.2, 0.25) is 0 Å². The van der Waals surface area contributed by atoms with E-state index in [4.69, 9.17) is 4.74 Å². The molecule has 2 heterocycles. The molecule has 7 heteroatoms. The molecule has 0 saturated carbocycles. The third-order valence-electron chi connectivity index (χ3n) is 3.39. The fourth-order valence-electron chi connectivity index (χ4n) is 2.21. The molecule has 3 rings (SSSR count). The van der Waals surface area contributed by atoms with E-state index in [1.54, 1.807) is 17.5 Å². The summed E-state index contributed by atoms with van der Waals surface area (Å²) in [6, 6.07) is 11.3. The average molecular weight is 345 g/mol. The lowest BCUT2D eigenvalue weighted by Gasteiger charge is -2.17. The minimum Gasteiger partial charge on any atom is -0.484 e. The topological polar surface area (TPSA) is 56.1 Å². The molecule has 0 saturated heterocycles. The molecule has 0 aliphatic heterocycles. The highest BCUT2D eigenvalue weighted by Gasteiger charge is 2.16. The zero-order valence-electron chi connectivity index (χ0n) is 12.8. The van der Waals surface area contributed by atoms with Crippen molar-refractivity contribution < 1.29 is 13.9 Å². The van der Waals surface area contributed by atoms with Crippen LogP contribution >= 0.6 is 11.3 Å². The fraction of sp³-hybridized carbons (Fsp3) is 0.176. The van der Waals surface area contributed by atoms with E-state index < -0.39 is 0 Å². The Hall–Kier alpha value is -2.67. The van der Waals surface area contributed by atoms with Crippen molar-refractivity contribution in [2.75, 3.05) is 13.2 Å². The van der Waals surface area contributed by atoms with Crippen LogP contribution in [0, 0.1) is 5.82 Å². The van der Waals surface area contributed by atoms with Gasteiger partial charge >= 0.3 is 0 Å². The maximum absolute atomic E-state index is 12.8. The number of ether oxygens (including phenoxy) is 1. The quantitative estimate of drug-likeness (QED) is 0.716. The summed E-state index contributed by atoms with van der Waals surface area (Å²) in [7, 11) is 0. The first-order valence-electron chi connectivity index (χ1n) is 7.40. The van der Waals surface area contributed by atoms with Gasteiger partial charge in [-0.05, 0) is 41.8 Å². The Morgan fingerprint density at radius 3 is 2.79 bits per heavy atom. The number of benzene rings is 1. The van der Waals surface area contributed by atoms with Gasteiger partial charge in [0.05, 0.1) is 0 Å². The Labute approximate surface area is 142 Å². The molecule has 0 bridgehead atoms. The summed E-state index contributed by atoms with van der Waals surface area (Å²) in [6.45, 7) is 0.287. The first kappa shape index (κ1) is 16.2. The van der Waals surface area contributed by atoms with E-state index in [1.807, 2.05) is 34.5 Å². The van der Waals surface area contributed by atoms with E-state index in [2.05, 4.69) is 10.4 Å². The predicted molar refractivity (Wildman–Crippen MR) is 89.6 cm³/mol. The molecule has 1 aromatic carbocycles. The van der Waals surface area contributed by atoms with Crippen LogP contribution in [0.2, 0.25) is 0 Å². The van der Waals surface area contributed by atoms with Crippen LogP contribution in [0.25, 0.3) is 0 Å². The standard InChI is InChI=1S/C17H16FN3O2S/c18-13-4-6-14(7-5-13)23-12-17(22)19-11-15(16-3-1-10-24-16)21-9-2-8-20-21/h1-10,15H,11-12H2,(H,19,22). The summed E-state index contributed by atoms with van der Waals surface area (Å²) in [5.74, 6) is -0.133. The van der Waals surface area contributed by atoms with E-state index in [-0.39, 0.29) is 24.4 Å². The van der Waals surface area contributed by atoms with E-state index in [0.29, 0.717) is 12.3 Å². The lowest BCUT2D eigenvalue weighted by Crippen LogP contribution is -2.34. The Morgan fingerprint density at radius 1 is 1.29 bits per heavy atom. The third kappa shape index (κ3) is 4.20. The number of amides is 1. The average Bonchev–Trinajstić information content (AvgIpc) is 3.29. The predicted octanol–water partition coefficient (Wildman–Crippen LogP) is 2.87. The van der Waals surface area contributed by atoms with Crippen LogP contribution in [0.5, 0.6) is 5.75 Å². The molecule has 1 amide bonds. The number of aromatic nitrogens is 2. The number of halogens is 1. The molecular formula is C17H16FN3O2S. The molecule has 2 aromatic heterocycles. The molecule has 3 aromatic rings. The maximum Gasteiger partial charge on any atom is 0.258 e. The van der Waals surface area contributed by atoms with Crippen molar-refractivity contribution in [1.29, 1.82) is 0 Å². The molecule has 1 unspecified atom stereocenters. The number of carbonyl (C=O) groups excluding carboxylic acids is 1. The second-order valence-electron chi connectivity index (χ2n) is 5.06. The van der Waals surface area contributed by atoms with Crippen LogP contribution in [0.1, 0.15) is 10.9 Å². The summed E-state index contributed by atoms with van der Waals surface area (Å²) < 4.78 is 20.0. The van der Waals surface area contributed by atoms with Crippen molar-refractivity contribution >= 4 is 17.2 Å². The Balaban J connectivity index is 1.54. The van der Waals surface area contributed by atoms with Crippen molar-refractivity contribution in [3.8, 4) is 5.75 Å². The first-order chi connectivity index (χ1) is 11.7. The van der Waals surface area contributed by atoms with Crippen LogP contribution in [0.3, 0.4) is 0 Å². The highest BCUT2D eigenvalue weighted by Crippen LogP contribution is 2.21. The van der Waals surface area contributed by atoms with Gasteiger partial charge in [0, 0.05) is 23.8 Å². The molecule has 0 radical (unpaired) electrons. The molecule has 24 heavy (non-hydrogen) atoms. The van der Waals surface area contributed by atoms with Crippen molar-refractivity contribution in [3.05, 3.63) is 70.9 Å². The van der Waals surface area contributed by atoms with Gasteiger partial charge in [-0.2, -0.15) is 5.10 Å². The monoisotopic (exact) mass is 345 g/mol. The van der Waals surface area contributed by atoms with E-state index in [0.717, 1.165) is 4.88 Å². The largest absolute Gasteiger partial charge is 0.484 e. The molecule has 1 N–H and O–H groups in total. The van der Waals surface area contributed by atoms with Gasteiger partial charge in [-0.3, -0.25) is 9.48 Å². The number of nitrogens with one attached hydrogen (secondary N) is 1. The van der Waals surface area contributed by atoms with Crippen LogP contribution in [-0.4, -0.2) is 28.8 Å². The lowest BCUT2D eigenvalue weighted by atomic mass is 10.2. The highest BCUT2D eigenvalue weighted by molar-refractivity contribution is 7.10. The fourth-order valence-corrected chi connectivity index (χ4v) is 3.03. The van der Waals surface area contributed by atoms with Crippen LogP contribution in [-0.2, 0) is 4.79 Å². The number of hydrogen-bond acceptors (Lipinski definition) is 4. The number of nitrogens with zero attached hydrogens (tertiary/aromatic N) is 2. The summed E-state index contributed by atoms with van der Waals surface area (Å²) in [5, 5.41) is 9.10.